The number of hydrogen-bond acceptors (Lipinski definition) is 4. The number of nitrogens with one attached hydrogen (secondary N) is 1. The quantitative estimate of drug-likeness (QED) is 0.675. The van der Waals surface area contributed by atoms with Gasteiger partial charge in [0, 0.05) is 38.7 Å². The lowest BCUT2D eigenvalue weighted by atomic mass is 10.4. The summed E-state index contributed by atoms with van der Waals surface area (Å²) in [5, 5.41) is 3.27. The van der Waals surface area contributed by atoms with Crippen LogP contribution >= 0.6 is 11.8 Å². The number of imidazole rings is 1. The minimum Gasteiger partial charge on any atom is -0.383 e. The van der Waals surface area contributed by atoms with E-state index < -0.39 is 0 Å². The minimum absolute atomic E-state index is 0.743. The predicted molar refractivity (Wildman–Crippen MR) is 64.2 cm³/mol. The van der Waals surface area contributed by atoms with E-state index in [0.717, 1.165) is 37.7 Å². The Morgan fingerprint density at radius 3 is 3.20 bits per heavy atom. The van der Waals surface area contributed by atoms with Gasteiger partial charge in [0.05, 0.1) is 18.6 Å². The van der Waals surface area contributed by atoms with Gasteiger partial charge in [-0.05, 0) is 6.26 Å². The Kier molecular flexibility index (Phi) is 6.47. The Morgan fingerprint density at radius 1 is 1.60 bits per heavy atom. The lowest BCUT2D eigenvalue weighted by Gasteiger charge is -2.01. The fourth-order valence-electron chi connectivity index (χ4n) is 1.21. The van der Waals surface area contributed by atoms with Crippen LogP contribution in [0.15, 0.2) is 12.5 Å². The molecule has 1 N–H and O–H groups in total. The number of rotatable bonds is 8. The molecular formula is C10H19N3OS. The van der Waals surface area contributed by atoms with Gasteiger partial charge in [-0.1, -0.05) is 0 Å². The molecule has 1 aromatic rings. The van der Waals surface area contributed by atoms with E-state index in [-0.39, 0.29) is 0 Å². The molecule has 15 heavy (non-hydrogen) atoms. The highest BCUT2D eigenvalue weighted by atomic mass is 32.2. The molecule has 1 heterocycles. The van der Waals surface area contributed by atoms with Gasteiger partial charge < -0.3 is 14.6 Å². The first-order valence-corrected chi connectivity index (χ1v) is 6.45. The topological polar surface area (TPSA) is 39.1 Å². The molecule has 5 heteroatoms. The van der Waals surface area contributed by atoms with E-state index in [0.29, 0.717) is 0 Å². The molecule has 0 aliphatic heterocycles. The van der Waals surface area contributed by atoms with E-state index >= 15 is 0 Å². The summed E-state index contributed by atoms with van der Waals surface area (Å²) in [5.41, 5.74) is 1.09. The minimum atomic E-state index is 0.743. The third-order valence-corrected chi connectivity index (χ3v) is 2.62. The molecule has 0 radical (unpaired) electrons. The second-order valence-corrected chi connectivity index (χ2v) is 4.25. The Morgan fingerprint density at radius 2 is 2.47 bits per heavy atom. The summed E-state index contributed by atoms with van der Waals surface area (Å²) in [5.74, 6) is 1.13. The maximum Gasteiger partial charge on any atom is 0.0950 e. The van der Waals surface area contributed by atoms with Gasteiger partial charge in [-0.25, -0.2) is 4.98 Å². The van der Waals surface area contributed by atoms with Gasteiger partial charge in [0.15, 0.2) is 0 Å². The molecule has 0 saturated heterocycles. The van der Waals surface area contributed by atoms with Crippen molar-refractivity contribution in [3.63, 3.8) is 0 Å². The predicted octanol–water partition coefficient (Wildman–Crippen LogP) is 0.982. The van der Waals surface area contributed by atoms with Gasteiger partial charge in [0.1, 0.15) is 0 Å². The van der Waals surface area contributed by atoms with Crippen LogP contribution in [0.4, 0.5) is 0 Å². The summed E-state index contributed by atoms with van der Waals surface area (Å²) in [6, 6.07) is 0. The first-order valence-electron chi connectivity index (χ1n) is 5.06. The van der Waals surface area contributed by atoms with E-state index in [1.54, 1.807) is 7.11 Å². The van der Waals surface area contributed by atoms with Crippen LogP contribution in [-0.2, 0) is 17.8 Å². The van der Waals surface area contributed by atoms with Gasteiger partial charge in [0.2, 0.25) is 0 Å². The molecule has 4 nitrogen and oxygen atoms in total. The molecule has 0 aliphatic carbocycles. The van der Waals surface area contributed by atoms with Crippen LogP contribution in [0.25, 0.3) is 0 Å². The molecule has 0 unspecified atom stereocenters. The molecule has 0 atom stereocenters. The highest BCUT2D eigenvalue weighted by molar-refractivity contribution is 7.98. The van der Waals surface area contributed by atoms with Crippen molar-refractivity contribution in [1.29, 1.82) is 0 Å². The molecule has 0 saturated carbocycles. The van der Waals surface area contributed by atoms with Crippen molar-refractivity contribution < 1.29 is 4.74 Å². The molecule has 1 rings (SSSR count). The van der Waals surface area contributed by atoms with Gasteiger partial charge in [-0.2, -0.15) is 11.8 Å². The third kappa shape index (κ3) is 5.20. The summed E-state index contributed by atoms with van der Waals surface area (Å²) in [7, 11) is 1.71. The van der Waals surface area contributed by atoms with Crippen molar-refractivity contribution in [3.8, 4) is 0 Å². The fourth-order valence-corrected chi connectivity index (χ4v) is 1.60. The van der Waals surface area contributed by atoms with Gasteiger partial charge in [-0.15, -0.1) is 0 Å². The number of aryl methyl sites for hydroxylation is 1. The van der Waals surface area contributed by atoms with Gasteiger partial charge >= 0.3 is 0 Å². The number of aromatic nitrogens is 2. The van der Waals surface area contributed by atoms with Crippen LogP contribution in [0.2, 0.25) is 0 Å². The lowest BCUT2D eigenvalue weighted by molar-refractivity contribution is 0.199. The number of methoxy groups -OCH3 is 1. The lowest BCUT2D eigenvalue weighted by Crippen LogP contribution is -2.18. The smallest absolute Gasteiger partial charge is 0.0950 e. The zero-order valence-electron chi connectivity index (χ0n) is 9.40. The number of nitrogens with zero attached hydrogens (tertiary/aromatic N) is 2. The van der Waals surface area contributed by atoms with E-state index in [2.05, 4.69) is 27.3 Å². The first kappa shape index (κ1) is 12.5. The Balaban J connectivity index is 2.20. The second kappa shape index (κ2) is 7.73. The van der Waals surface area contributed by atoms with E-state index in [1.165, 1.54) is 0 Å². The monoisotopic (exact) mass is 229 g/mol. The standard InChI is InChI=1S/C10H19N3OS/c1-14-5-3-11-7-10-8-13(9-12-10)4-6-15-2/h8-9,11H,3-7H2,1-2H3. The first-order chi connectivity index (χ1) is 7.36. The van der Waals surface area contributed by atoms with Gasteiger partial charge in [-0.3, -0.25) is 0 Å². The molecule has 0 aliphatic rings. The van der Waals surface area contributed by atoms with E-state index in [4.69, 9.17) is 4.74 Å². The van der Waals surface area contributed by atoms with Gasteiger partial charge in [0.25, 0.3) is 0 Å². The van der Waals surface area contributed by atoms with Crippen molar-refractivity contribution in [2.24, 2.45) is 0 Å². The zero-order chi connectivity index (χ0) is 10.9. The Labute approximate surface area is 95.4 Å². The molecule has 0 aromatic carbocycles. The number of hydrogen-bond donors (Lipinski definition) is 1. The average molecular weight is 229 g/mol. The number of thioether (sulfide) groups is 1. The normalized spacial score (nSPS) is 10.8. The Bertz CT molecular complexity index is 265. The molecular weight excluding hydrogens is 210 g/mol. The molecule has 0 fully saturated rings. The highest BCUT2D eigenvalue weighted by Crippen LogP contribution is 1.99. The van der Waals surface area contributed by atoms with Crippen LogP contribution < -0.4 is 5.32 Å². The third-order valence-electron chi connectivity index (χ3n) is 2.03. The van der Waals surface area contributed by atoms with E-state index in [9.17, 15) is 0 Å². The number of ether oxygens (including phenoxy) is 1. The highest BCUT2D eigenvalue weighted by Gasteiger charge is 1.97. The maximum absolute atomic E-state index is 4.95. The average Bonchev–Trinajstić information content (AvgIpc) is 2.69. The van der Waals surface area contributed by atoms with Crippen molar-refractivity contribution >= 4 is 11.8 Å². The largest absolute Gasteiger partial charge is 0.383 e. The fraction of sp³-hybridized carbons (Fsp3) is 0.700. The van der Waals surface area contributed by atoms with Crippen LogP contribution in [-0.4, -0.2) is 41.8 Å². The summed E-state index contributed by atoms with van der Waals surface area (Å²) < 4.78 is 7.08. The zero-order valence-corrected chi connectivity index (χ0v) is 10.2. The van der Waals surface area contributed by atoms with Crippen LogP contribution in [0, 0.1) is 0 Å². The van der Waals surface area contributed by atoms with Crippen molar-refractivity contribution in [1.82, 2.24) is 14.9 Å². The molecule has 0 amide bonds. The van der Waals surface area contributed by atoms with Crippen molar-refractivity contribution in [2.45, 2.75) is 13.1 Å². The molecule has 86 valence electrons. The maximum atomic E-state index is 4.95. The molecule has 1 aromatic heterocycles. The second-order valence-electron chi connectivity index (χ2n) is 3.27. The molecule has 0 spiro atoms. The summed E-state index contributed by atoms with van der Waals surface area (Å²) in [6.07, 6.45) is 6.10. The van der Waals surface area contributed by atoms with Crippen LogP contribution in [0.5, 0.6) is 0 Å². The SMILES string of the molecule is COCCNCc1cn(CCSC)cn1. The molecule has 0 bridgehead atoms. The van der Waals surface area contributed by atoms with Crippen LogP contribution in [0.1, 0.15) is 5.69 Å². The van der Waals surface area contributed by atoms with Crippen molar-refractivity contribution in [3.05, 3.63) is 18.2 Å². The summed E-state index contributed by atoms with van der Waals surface area (Å²) in [4.78, 5) is 4.32. The van der Waals surface area contributed by atoms with E-state index in [1.807, 2.05) is 18.1 Å². The summed E-state index contributed by atoms with van der Waals surface area (Å²) in [6.45, 7) is 3.46. The van der Waals surface area contributed by atoms with Crippen LogP contribution in [0.3, 0.4) is 0 Å². The summed E-state index contributed by atoms with van der Waals surface area (Å²) >= 11 is 1.85. The van der Waals surface area contributed by atoms with Crippen molar-refractivity contribution in [2.75, 3.05) is 32.3 Å². The Hall–Kier alpha value is -0.520.